The van der Waals surface area contributed by atoms with E-state index in [2.05, 4.69) is 0 Å². The van der Waals surface area contributed by atoms with Gasteiger partial charge in [-0.15, -0.1) is 11.3 Å². The molecule has 24 heavy (non-hydrogen) atoms. The minimum absolute atomic E-state index is 0.0959. The number of para-hydroxylation sites is 1. The highest BCUT2D eigenvalue weighted by Crippen LogP contribution is 2.42. The van der Waals surface area contributed by atoms with Crippen molar-refractivity contribution in [3.05, 3.63) is 40.8 Å². The van der Waals surface area contributed by atoms with Gasteiger partial charge in [-0.25, -0.2) is 0 Å². The van der Waals surface area contributed by atoms with Crippen LogP contribution in [0, 0.1) is 0 Å². The van der Waals surface area contributed by atoms with Gasteiger partial charge in [0.2, 0.25) is 5.91 Å². The Morgan fingerprint density at radius 3 is 2.96 bits per heavy atom. The molecule has 2 aliphatic heterocycles. The van der Waals surface area contributed by atoms with Crippen LogP contribution < -0.4 is 10.5 Å². The summed E-state index contributed by atoms with van der Waals surface area (Å²) in [5, 5.41) is 0. The Kier molecular flexibility index (Phi) is 3.74. The first-order chi connectivity index (χ1) is 11.6. The van der Waals surface area contributed by atoms with E-state index in [0.29, 0.717) is 24.6 Å². The zero-order valence-corrected chi connectivity index (χ0v) is 13.7. The Balaban J connectivity index is 1.61. The van der Waals surface area contributed by atoms with Crippen LogP contribution >= 0.6 is 11.3 Å². The fraction of sp³-hybridized carbons (Fsp3) is 0.294. The third kappa shape index (κ3) is 2.55. The molecule has 0 aliphatic carbocycles. The molecule has 4 rings (SSSR count). The van der Waals surface area contributed by atoms with E-state index in [-0.39, 0.29) is 12.5 Å². The molecule has 2 N–H and O–H groups in total. The molecule has 7 heteroatoms. The zero-order valence-electron chi connectivity index (χ0n) is 12.9. The number of hydrogen-bond acceptors (Lipinski definition) is 5. The van der Waals surface area contributed by atoms with Crippen LogP contribution in [0.15, 0.2) is 30.3 Å². The largest absolute Gasteiger partial charge is 0.488 e. The fourth-order valence-electron chi connectivity index (χ4n) is 2.97. The number of benzene rings is 1. The van der Waals surface area contributed by atoms with Crippen LogP contribution in [0.25, 0.3) is 10.4 Å². The molecule has 6 nitrogen and oxygen atoms in total. The van der Waals surface area contributed by atoms with Gasteiger partial charge in [0.1, 0.15) is 12.4 Å². The Labute approximate surface area is 142 Å². The number of primary amides is 1. The number of nitrogens with two attached hydrogens (primary N) is 1. The van der Waals surface area contributed by atoms with Crippen molar-refractivity contribution in [1.29, 1.82) is 0 Å². The van der Waals surface area contributed by atoms with Crippen molar-refractivity contribution < 1.29 is 19.1 Å². The van der Waals surface area contributed by atoms with Crippen LogP contribution in [0.5, 0.6) is 5.75 Å². The lowest BCUT2D eigenvalue weighted by Crippen LogP contribution is -2.50. The number of carbonyl (C=O) groups is 2. The number of amides is 2. The molecule has 0 radical (unpaired) electrons. The molecular formula is C17H16N2O4S. The van der Waals surface area contributed by atoms with Crippen LogP contribution in [0.1, 0.15) is 15.2 Å². The van der Waals surface area contributed by atoms with Crippen molar-refractivity contribution >= 4 is 23.2 Å². The second-order valence-electron chi connectivity index (χ2n) is 5.76. The predicted octanol–water partition coefficient (Wildman–Crippen LogP) is 1.63. The van der Waals surface area contributed by atoms with Crippen LogP contribution in [0.2, 0.25) is 0 Å². The summed E-state index contributed by atoms with van der Waals surface area (Å²) >= 11 is 1.46. The first-order valence-corrected chi connectivity index (χ1v) is 8.50. The molecule has 1 saturated heterocycles. The number of ether oxygens (including phenoxy) is 2. The summed E-state index contributed by atoms with van der Waals surface area (Å²) in [7, 11) is 0. The predicted molar refractivity (Wildman–Crippen MR) is 88.9 cm³/mol. The average molecular weight is 344 g/mol. The van der Waals surface area contributed by atoms with Gasteiger partial charge in [-0.05, 0) is 18.2 Å². The molecule has 2 aliphatic rings. The number of morpholine rings is 1. The maximum absolute atomic E-state index is 12.8. The van der Waals surface area contributed by atoms with Gasteiger partial charge in [-0.3, -0.25) is 9.59 Å². The van der Waals surface area contributed by atoms with Crippen LogP contribution in [0.4, 0.5) is 0 Å². The maximum Gasteiger partial charge on any atom is 0.264 e. The Morgan fingerprint density at radius 1 is 1.29 bits per heavy atom. The number of fused-ring (bicyclic) bond motifs is 3. The highest BCUT2D eigenvalue weighted by Gasteiger charge is 2.30. The Hall–Kier alpha value is -2.38. The molecule has 1 fully saturated rings. The van der Waals surface area contributed by atoms with Gasteiger partial charge in [0.05, 0.1) is 18.0 Å². The smallest absolute Gasteiger partial charge is 0.264 e. The van der Waals surface area contributed by atoms with Gasteiger partial charge < -0.3 is 20.1 Å². The second kappa shape index (κ2) is 5.92. The van der Waals surface area contributed by atoms with Gasteiger partial charge in [0.15, 0.2) is 6.10 Å². The maximum atomic E-state index is 12.8. The highest BCUT2D eigenvalue weighted by atomic mass is 32.1. The fourth-order valence-corrected chi connectivity index (χ4v) is 4.13. The zero-order chi connectivity index (χ0) is 16.7. The first-order valence-electron chi connectivity index (χ1n) is 7.68. The average Bonchev–Trinajstić information content (AvgIpc) is 3.06. The van der Waals surface area contributed by atoms with Crippen LogP contribution in [0.3, 0.4) is 0 Å². The van der Waals surface area contributed by atoms with Crippen LogP contribution in [-0.4, -0.2) is 42.5 Å². The molecule has 0 saturated carbocycles. The number of rotatable bonds is 2. The van der Waals surface area contributed by atoms with Gasteiger partial charge in [0, 0.05) is 22.5 Å². The molecule has 1 atom stereocenters. The highest BCUT2D eigenvalue weighted by molar-refractivity contribution is 7.17. The minimum Gasteiger partial charge on any atom is -0.488 e. The third-order valence-corrected chi connectivity index (χ3v) is 5.40. The van der Waals surface area contributed by atoms with E-state index < -0.39 is 12.0 Å². The minimum atomic E-state index is -0.735. The van der Waals surface area contributed by atoms with Gasteiger partial charge in [-0.2, -0.15) is 0 Å². The number of nitrogens with zero attached hydrogens (tertiary/aromatic N) is 1. The van der Waals surface area contributed by atoms with Gasteiger partial charge >= 0.3 is 0 Å². The van der Waals surface area contributed by atoms with Crippen molar-refractivity contribution in [2.24, 2.45) is 5.73 Å². The monoisotopic (exact) mass is 344 g/mol. The quantitative estimate of drug-likeness (QED) is 0.898. The van der Waals surface area contributed by atoms with E-state index in [1.54, 1.807) is 4.90 Å². The molecule has 0 unspecified atom stereocenters. The van der Waals surface area contributed by atoms with E-state index in [4.69, 9.17) is 15.2 Å². The standard InChI is InChI=1S/C17H16N2O4S/c18-16(20)13-8-19(5-6-22-13)17(21)14-7-10-9-23-12-4-2-1-3-11(12)15(10)24-14/h1-4,7,13H,5-6,8-9H2,(H2,18,20)/t13-/m1/s1. The van der Waals surface area contributed by atoms with Crippen molar-refractivity contribution in [1.82, 2.24) is 4.90 Å². The molecular weight excluding hydrogens is 328 g/mol. The molecule has 1 aromatic heterocycles. The molecule has 1 aromatic carbocycles. The topological polar surface area (TPSA) is 81.9 Å². The summed E-state index contributed by atoms with van der Waals surface area (Å²) in [5.74, 6) is 0.202. The summed E-state index contributed by atoms with van der Waals surface area (Å²) in [6.45, 7) is 1.43. The molecule has 2 amide bonds. The molecule has 3 heterocycles. The number of hydrogen-bond donors (Lipinski definition) is 1. The molecule has 0 spiro atoms. The van der Waals surface area contributed by atoms with Gasteiger partial charge in [-0.1, -0.05) is 12.1 Å². The van der Waals surface area contributed by atoms with E-state index in [1.807, 2.05) is 30.3 Å². The van der Waals surface area contributed by atoms with Crippen molar-refractivity contribution in [3.8, 4) is 16.2 Å². The Morgan fingerprint density at radius 2 is 2.12 bits per heavy atom. The third-order valence-electron chi connectivity index (χ3n) is 4.21. The van der Waals surface area contributed by atoms with E-state index in [0.717, 1.165) is 21.8 Å². The number of thiophene rings is 1. The summed E-state index contributed by atoms with van der Waals surface area (Å²) in [6, 6.07) is 9.70. The summed E-state index contributed by atoms with van der Waals surface area (Å²) in [4.78, 5) is 27.4. The van der Waals surface area contributed by atoms with Crippen molar-refractivity contribution in [2.75, 3.05) is 19.7 Å². The summed E-state index contributed by atoms with van der Waals surface area (Å²) in [6.07, 6.45) is -0.735. The van der Waals surface area contributed by atoms with E-state index in [9.17, 15) is 9.59 Å². The Bertz CT molecular complexity index is 817. The van der Waals surface area contributed by atoms with Crippen LogP contribution in [-0.2, 0) is 16.1 Å². The lowest BCUT2D eigenvalue weighted by Gasteiger charge is -2.31. The van der Waals surface area contributed by atoms with E-state index in [1.165, 1.54) is 11.3 Å². The lowest BCUT2D eigenvalue weighted by atomic mass is 10.1. The second-order valence-corrected chi connectivity index (χ2v) is 6.82. The first kappa shape index (κ1) is 15.2. The van der Waals surface area contributed by atoms with Gasteiger partial charge in [0.25, 0.3) is 5.91 Å². The SMILES string of the molecule is NC(=O)[C@H]1CN(C(=O)c2cc3c(s2)-c2ccccc2OC3)CCO1. The molecule has 0 bridgehead atoms. The summed E-state index contributed by atoms with van der Waals surface area (Å²) in [5.41, 5.74) is 7.31. The van der Waals surface area contributed by atoms with Crippen molar-refractivity contribution in [3.63, 3.8) is 0 Å². The normalized spacial score (nSPS) is 19.2. The number of carbonyl (C=O) groups excluding carboxylic acids is 2. The van der Waals surface area contributed by atoms with E-state index >= 15 is 0 Å². The molecule has 124 valence electrons. The molecule has 2 aromatic rings. The summed E-state index contributed by atoms with van der Waals surface area (Å²) < 4.78 is 11.0. The lowest BCUT2D eigenvalue weighted by molar-refractivity contribution is -0.133. The van der Waals surface area contributed by atoms with Crippen molar-refractivity contribution in [2.45, 2.75) is 12.7 Å².